The van der Waals surface area contributed by atoms with Gasteiger partial charge in [-0.3, -0.25) is 14.5 Å². The Balaban J connectivity index is 1.62. The molecule has 4 heterocycles. The lowest BCUT2D eigenvalue weighted by Crippen LogP contribution is -2.41. The van der Waals surface area contributed by atoms with E-state index in [1.165, 1.54) is 0 Å². The lowest BCUT2D eigenvalue weighted by Gasteiger charge is -2.34. The van der Waals surface area contributed by atoms with Crippen molar-refractivity contribution < 1.29 is 4.79 Å². The fourth-order valence-electron chi connectivity index (χ4n) is 3.71. The number of carbonyl (C=O) groups is 1. The Labute approximate surface area is 152 Å². The Hall–Kier alpha value is -2.96. The molecule has 7 nitrogen and oxygen atoms in total. The molecule has 0 aromatic carbocycles. The maximum Gasteiger partial charge on any atom is 0.272 e. The molecule has 1 amide bonds. The van der Waals surface area contributed by atoms with Crippen LogP contribution in [0.15, 0.2) is 43.0 Å². The number of piperidine rings is 1. The van der Waals surface area contributed by atoms with E-state index in [0.29, 0.717) is 12.2 Å². The van der Waals surface area contributed by atoms with Crippen LogP contribution in [0.2, 0.25) is 0 Å². The molecule has 0 aliphatic carbocycles. The van der Waals surface area contributed by atoms with Crippen molar-refractivity contribution in [1.29, 1.82) is 0 Å². The molecule has 134 valence electrons. The molecule has 3 aromatic heterocycles. The molecule has 1 atom stereocenters. The van der Waals surface area contributed by atoms with Crippen LogP contribution in [-0.4, -0.2) is 48.2 Å². The SMILES string of the molecule is Cc1cnc(-c2cccnc2)n1C1CCCN(C(=O)c2ccnn2C)C1. The van der Waals surface area contributed by atoms with E-state index in [1.54, 1.807) is 30.2 Å². The number of pyridine rings is 1. The van der Waals surface area contributed by atoms with Crippen LogP contribution in [0.3, 0.4) is 0 Å². The summed E-state index contributed by atoms with van der Waals surface area (Å²) in [7, 11) is 1.80. The van der Waals surface area contributed by atoms with Gasteiger partial charge < -0.3 is 9.47 Å². The van der Waals surface area contributed by atoms with Crippen LogP contribution in [0.5, 0.6) is 0 Å². The van der Waals surface area contributed by atoms with E-state index in [4.69, 9.17) is 0 Å². The predicted octanol–water partition coefficient (Wildman–Crippen LogP) is 2.46. The Morgan fingerprint density at radius 3 is 2.85 bits per heavy atom. The number of likely N-dealkylation sites (tertiary alicyclic amines) is 1. The number of hydrogen-bond acceptors (Lipinski definition) is 4. The molecule has 1 aliphatic rings. The first-order valence-corrected chi connectivity index (χ1v) is 8.86. The van der Waals surface area contributed by atoms with Gasteiger partial charge in [-0.1, -0.05) is 0 Å². The third-order valence-electron chi connectivity index (χ3n) is 4.99. The summed E-state index contributed by atoms with van der Waals surface area (Å²) in [6.45, 7) is 3.51. The van der Waals surface area contributed by atoms with Gasteiger partial charge in [-0.25, -0.2) is 4.98 Å². The highest BCUT2D eigenvalue weighted by atomic mass is 16.2. The second kappa shape index (κ2) is 6.74. The molecule has 0 N–H and O–H groups in total. The molecule has 7 heteroatoms. The molecule has 3 aromatic rings. The lowest BCUT2D eigenvalue weighted by atomic mass is 10.0. The van der Waals surface area contributed by atoms with E-state index in [1.807, 2.05) is 29.4 Å². The van der Waals surface area contributed by atoms with E-state index in [9.17, 15) is 4.79 Å². The largest absolute Gasteiger partial charge is 0.335 e. The highest BCUT2D eigenvalue weighted by Crippen LogP contribution is 2.29. The van der Waals surface area contributed by atoms with Gasteiger partial charge in [-0.15, -0.1) is 0 Å². The highest BCUT2D eigenvalue weighted by Gasteiger charge is 2.29. The molecule has 4 rings (SSSR count). The van der Waals surface area contributed by atoms with Crippen molar-refractivity contribution in [2.45, 2.75) is 25.8 Å². The Kier molecular flexibility index (Phi) is 4.28. The number of hydrogen-bond donors (Lipinski definition) is 0. The van der Waals surface area contributed by atoms with Gasteiger partial charge in [0.2, 0.25) is 0 Å². The molecule has 0 radical (unpaired) electrons. The fourth-order valence-corrected chi connectivity index (χ4v) is 3.71. The Morgan fingerprint density at radius 2 is 2.12 bits per heavy atom. The first-order valence-electron chi connectivity index (χ1n) is 8.86. The van der Waals surface area contributed by atoms with E-state index in [0.717, 1.165) is 36.5 Å². The second-order valence-corrected chi connectivity index (χ2v) is 6.72. The van der Waals surface area contributed by atoms with Crippen molar-refractivity contribution in [3.05, 3.63) is 54.4 Å². The first kappa shape index (κ1) is 16.5. The second-order valence-electron chi connectivity index (χ2n) is 6.72. The van der Waals surface area contributed by atoms with Crippen molar-refractivity contribution in [3.8, 4) is 11.4 Å². The monoisotopic (exact) mass is 350 g/mol. The number of imidazole rings is 1. The Morgan fingerprint density at radius 1 is 1.23 bits per heavy atom. The molecule has 1 fully saturated rings. The van der Waals surface area contributed by atoms with Gasteiger partial charge in [-0.2, -0.15) is 5.10 Å². The summed E-state index contributed by atoms with van der Waals surface area (Å²) in [5, 5.41) is 4.12. The average Bonchev–Trinajstić information content (AvgIpc) is 3.27. The number of rotatable bonds is 3. The minimum Gasteiger partial charge on any atom is -0.335 e. The number of aryl methyl sites for hydroxylation is 2. The third kappa shape index (κ3) is 2.89. The molecule has 1 unspecified atom stereocenters. The van der Waals surface area contributed by atoms with E-state index >= 15 is 0 Å². The average molecular weight is 350 g/mol. The summed E-state index contributed by atoms with van der Waals surface area (Å²) < 4.78 is 3.88. The molecule has 1 aliphatic heterocycles. The number of nitrogens with zero attached hydrogens (tertiary/aromatic N) is 6. The van der Waals surface area contributed by atoms with Crippen molar-refractivity contribution in [2.75, 3.05) is 13.1 Å². The molecular weight excluding hydrogens is 328 g/mol. The van der Waals surface area contributed by atoms with Crippen molar-refractivity contribution in [2.24, 2.45) is 7.05 Å². The summed E-state index contributed by atoms with van der Waals surface area (Å²) in [5.74, 6) is 0.950. The first-order chi connectivity index (χ1) is 12.6. The van der Waals surface area contributed by atoms with E-state index in [-0.39, 0.29) is 11.9 Å². The number of amides is 1. The number of carbonyl (C=O) groups excluding carboxylic acids is 1. The van der Waals surface area contributed by atoms with Crippen LogP contribution in [0, 0.1) is 6.92 Å². The molecule has 26 heavy (non-hydrogen) atoms. The molecule has 0 bridgehead atoms. The molecule has 0 saturated carbocycles. The van der Waals surface area contributed by atoms with E-state index in [2.05, 4.69) is 26.6 Å². The number of aromatic nitrogens is 5. The Bertz CT molecular complexity index is 913. The maximum absolute atomic E-state index is 12.9. The van der Waals surface area contributed by atoms with Crippen LogP contribution < -0.4 is 0 Å². The van der Waals surface area contributed by atoms with Gasteiger partial charge in [0.05, 0.1) is 6.04 Å². The molecule has 1 saturated heterocycles. The van der Waals surface area contributed by atoms with Crippen LogP contribution in [0.25, 0.3) is 11.4 Å². The zero-order chi connectivity index (χ0) is 18.1. The van der Waals surface area contributed by atoms with Gasteiger partial charge in [0.1, 0.15) is 11.5 Å². The topological polar surface area (TPSA) is 68.8 Å². The summed E-state index contributed by atoms with van der Waals surface area (Å²) >= 11 is 0. The third-order valence-corrected chi connectivity index (χ3v) is 4.99. The highest BCUT2D eigenvalue weighted by molar-refractivity contribution is 5.92. The summed E-state index contributed by atoms with van der Waals surface area (Å²) in [6.07, 6.45) is 9.15. The summed E-state index contributed by atoms with van der Waals surface area (Å²) in [6, 6.07) is 5.92. The van der Waals surface area contributed by atoms with Gasteiger partial charge in [-0.05, 0) is 38.0 Å². The van der Waals surface area contributed by atoms with Crippen LogP contribution >= 0.6 is 0 Å². The minimum absolute atomic E-state index is 0.0374. The van der Waals surface area contributed by atoms with Gasteiger partial charge in [0, 0.05) is 56.2 Å². The normalized spacial score (nSPS) is 17.5. The van der Waals surface area contributed by atoms with Crippen molar-refractivity contribution >= 4 is 5.91 Å². The predicted molar refractivity (Wildman–Crippen MR) is 97.6 cm³/mol. The van der Waals surface area contributed by atoms with Gasteiger partial charge in [0.15, 0.2) is 0 Å². The lowest BCUT2D eigenvalue weighted by molar-refractivity contribution is 0.0668. The standard InChI is InChI=1S/C19H22N6O/c1-14-11-21-18(15-5-3-8-20-12-15)25(14)16-6-4-10-24(13-16)19(26)17-7-9-22-23(17)2/h3,5,7-9,11-12,16H,4,6,10,13H2,1-2H3. The molecule has 0 spiro atoms. The quantitative estimate of drug-likeness (QED) is 0.728. The van der Waals surface area contributed by atoms with Crippen LogP contribution in [0.4, 0.5) is 0 Å². The zero-order valence-corrected chi connectivity index (χ0v) is 15.0. The van der Waals surface area contributed by atoms with Crippen molar-refractivity contribution in [1.82, 2.24) is 29.2 Å². The van der Waals surface area contributed by atoms with Crippen LogP contribution in [0.1, 0.15) is 35.1 Å². The summed E-state index contributed by atoms with van der Waals surface area (Å²) in [4.78, 5) is 23.6. The van der Waals surface area contributed by atoms with Gasteiger partial charge in [0.25, 0.3) is 5.91 Å². The maximum atomic E-state index is 12.9. The van der Waals surface area contributed by atoms with E-state index < -0.39 is 0 Å². The fraction of sp³-hybridized carbons (Fsp3) is 0.368. The van der Waals surface area contributed by atoms with Crippen molar-refractivity contribution in [3.63, 3.8) is 0 Å². The summed E-state index contributed by atoms with van der Waals surface area (Å²) in [5.41, 5.74) is 2.72. The zero-order valence-electron chi connectivity index (χ0n) is 15.0. The molecular formula is C19H22N6O. The smallest absolute Gasteiger partial charge is 0.272 e. The van der Waals surface area contributed by atoms with Gasteiger partial charge >= 0.3 is 0 Å². The van der Waals surface area contributed by atoms with Crippen LogP contribution in [-0.2, 0) is 7.05 Å². The minimum atomic E-state index is 0.0374.